The summed E-state index contributed by atoms with van der Waals surface area (Å²) in [5.74, 6) is 0.101. The maximum Gasteiger partial charge on any atom is 0.265 e. The Labute approximate surface area is 198 Å². The Morgan fingerprint density at radius 3 is 2.70 bits per heavy atom. The molecule has 1 N–H and O–H groups in total. The number of aromatic nitrogens is 1. The predicted octanol–water partition coefficient (Wildman–Crippen LogP) is 4.20. The molecule has 2 heterocycles. The normalized spacial score (nSPS) is 13.2. The number of pyridine rings is 1. The van der Waals surface area contributed by atoms with E-state index in [4.69, 9.17) is 16.3 Å². The van der Waals surface area contributed by atoms with Crippen LogP contribution < -0.4 is 14.4 Å². The van der Waals surface area contributed by atoms with Crippen molar-refractivity contribution >= 4 is 33.2 Å². The van der Waals surface area contributed by atoms with Crippen molar-refractivity contribution in [2.75, 3.05) is 10.8 Å². The second kappa shape index (κ2) is 9.41. The number of amides is 1. The predicted molar refractivity (Wildman–Crippen MR) is 127 cm³/mol. The molecule has 172 valence electrons. The highest BCUT2D eigenvalue weighted by Gasteiger charge is 2.32. The molecule has 0 fully saturated rings. The minimum absolute atomic E-state index is 0.0208. The topological polar surface area (TPSA) is 88.6 Å². The molecule has 1 aliphatic heterocycles. The van der Waals surface area contributed by atoms with Crippen LogP contribution in [0.3, 0.4) is 0 Å². The zero-order valence-corrected chi connectivity index (χ0v) is 19.9. The van der Waals surface area contributed by atoms with Crippen LogP contribution in [0.25, 0.3) is 0 Å². The van der Waals surface area contributed by atoms with Gasteiger partial charge in [-0.25, -0.2) is 13.4 Å². The first-order chi connectivity index (χ1) is 15.8. The van der Waals surface area contributed by atoms with Gasteiger partial charge < -0.3 is 10.1 Å². The summed E-state index contributed by atoms with van der Waals surface area (Å²) in [6, 6.07) is 15.2. The molecule has 7 nitrogen and oxygen atoms in total. The van der Waals surface area contributed by atoms with Crippen LogP contribution in [0.1, 0.15) is 35.3 Å². The SMILES string of the molecule is CC(C)Oc1ccc(CNC(=O)c2ccc(Cl)c(S(=O)(=O)N3CCc4ccccc43)c2)cn1. The third kappa shape index (κ3) is 4.96. The minimum Gasteiger partial charge on any atom is -0.475 e. The third-order valence-corrected chi connectivity index (χ3v) is 7.51. The number of anilines is 1. The summed E-state index contributed by atoms with van der Waals surface area (Å²) in [6.45, 7) is 4.40. The number of fused-ring (bicyclic) bond motifs is 1. The molecular weight excluding hydrogens is 462 g/mol. The van der Waals surface area contributed by atoms with E-state index in [9.17, 15) is 13.2 Å². The van der Waals surface area contributed by atoms with E-state index in [1.54, 1.807) is 24.4 Å². The average molecular weight is 486 g/mol. The summed E-state index contributed by atoms with van der Waals surface area (Å²) in [4.78, 5) is 16.9. The summed E-state index contributed by atoms with van der Waals surface area (Å²) in [5.41, 5.74) is 2.60. The molecule has 0 radical (unpaired) electrons. The third-order valence-electron chi connectivity index (χ3n) is 5.21. The van der Waals surface area contributed by atoms with Crippen molar-refractivity contribution in [1.82, 2.24) is 10.3 Å². The zero-order chi connectivity index (χ0) is 23.6. The summed E-state index contributed by atoms with van der Waals surface area (Å²) in [5, 5.41) is 2.86. The lowest BCUT2D eigenvalue weighted by atomic mass is 10.2. The number of rotatable bonds is 7. The number of carbonyl (C=O) groups excluding carboxylic acids is 1. The molecule has 0 bridgehead atoms. The van der Waals surface area contributed by atoms with Gasteiger partial charge in [0.15, 0.2) is 0 Å². The molecule has 1 aliphatic rings. The van der Waals surface area contributed by atoms with E-state index in [0.717, 1.165) is 11.1 Å². The molecule has 1 aromatic heterocycles. The number of carbonyl (C=O) groups is 1. The quantitative estimate of drug-likeness (QED) is 0.541. The van der Waals surface area contributed by atoms with Crippen LogP contribution in [-0.2, 0) is 23.0 Å². The molecule has 3 aromatic rings. The Kier molecular flexibility index (Phi) is 6.58. The fraction of sp³-hybridized carbons (Fsp3) is 0.250. The number of hydrogen-bond acceptors (Lipinski definition) is 5. The molecule has 4 rings (SSSR count). The number of nitrogens with one attached hydrogen (secondary N) is 1. The van der Waals surface area contributed by atoms with Crippen molar-refractivity contribution < 1.29 is 17.9 Å². The van der Waals surface area contributed by atoms with Gasteiger partial charge in [0.25, 0.3) is 15.9 Å². The molecule has 9 heteroatoms. The Hall–Kier alpha value is -3.10. The fourth-order valence-electron chi connectivity index (χ4n) is 3.63. The highest BCUT2D eigenvalue weighted by atomic mass is 35.5. The number of ether oxygens (including phenoxy) is 1. The van der Waals surface area contributed by atoms with Gasteiger partial charge >= 0.3 is 0 Å². The van der Waals surface area contributed by atoms with Crippen LogP contribution in [0.15, 0.2) is 65.7 Å². The van der Waals surface area contributed by atoms with E-state index in [-0.39, 0.29) is 28.1 Å². The van der Waals surface area contributed by atoms with E-state index in [0.29, 0.717) is 24.5 Å². The molecule has 0 saturated carbocycles. The van der Waals surface area contributed by atoms with Crippen molar-refractivity contribution in [2.45, 2.75) is 37.8 Å². The molecule has 33 heavy (non-hydrogen) atoms. The Morgan fingerprint density at radius 1 is 1.18 bits per heavy atom. The lowest BCUT2D eigenvalue weighted by molar-refractivity contribution is 0.0950. The smallest absolute Gasteiger partial charge is 0.265 e. The average Bonchev–Trinajstić information content (AvgIpc) is 3.23. The summed E-state index contributed by atoms with van der Waals surface area (Å²) < 4.78 is 33.6. The van der Waals surface area contributed by atoms with Crippen LogP contribution in [0, 0.1) is 0 Å². The van der Waals surface area contributed by atoms with Gasteiger partial charge in [-0.3, -0.25) is 9.10 Å². The lowest BCUT2D eigenvalue weighted by Crippen LogP contribution is -2.30. The van der Waals surface area contributed by atoms with Gasteiger partial charge in [-0.1, -0.05) is 35.9 Å². The molecular formula is C24H24ClN3O4S. The molecule has 0 unspecified atom stereocenters. The van der Waals surface area contributed by atoms with Crippen molar-refractivity contribution in [3.8, 4) is 5.88 Å². The monoisotopic (exact) mass is 485 g/mol. The van der Waals surface area contributed by atoms with E-state index in [1.807, 2.05) is 32.0 Å². The summed E-state index contributed by atoms with van der Waals surface area (Å²) in [6.07, 6.45) is 2.27. The van der Waals surface area contributed by atoms with Crippen molar-refractivity contribution in [3.05, 3.63) is 82.5 Å². The number of nitrogens with zero attached hydrogens (tertiary/aromatic N) is 2. The van der Waals surface area contributed by atoms with Gasteiger partial charge in [0, 0.05) is 30.9 Å². The molecule has 2 aromatic carbocycles. The second-order valence-corrected chi connectivity index (χ2v) is 10.2. The highest BCUT2D eigenvalue weighted by Crippen LogP contribution is 2.35. The Bertz CT molecular complexity index is 1280. The lowest BCUT2D eigenvalue weighted by Gasteiger charge is -2.20. The first-order valence-electron chi connectivity index (χ1n) is 10.6. The van der Waals surface area contributed by atoms with Crippen LogP contribution in [0.4, 0.5) is 5.69 Å². The number of hydrogen-bond donors (Lipinski definition) is 1. The standard InChI is InChI=1S/C24H24ClN3O4S/c1-16(2)32-23-10-7-17(14-26-23)15-27-24(29)19-8-9-20(25)22(13-19)33(30,31)28-12-11-18-5-3-4-6-21(18)28/h3-10,13-14,16H,11-12,15H2,1-2H3,(H,27,29). The van der Waals surface area contributed by atoms with Gasteiger partial charge in [0.2, 0.25) is 5.88 Å². The first-order valence-corrected chi connectivity index (χ1v) is 12.4. The van der Waals surface area contributed by atoms with Gasteiger partial charge in [-0.05, 0) is 55.7 Å². The van der Waals surface area contributed by atoms with Crippen molar-refractivity contribution in [1.29, 1.82) is 0 Å². The van der Waals surface area contributed by atoms with Crippen LogP contribution in [-0.4, -0.2) is 32.0 Å². The maximum atomic E-state index is 13.4. The van der Waals surface area contributed by atoms with Gasteiger partial charge in [0.05, 0.1) is 16.8 Å². The second-order valence-electron chi connectivity index (χ2n) is 7.96. The van der Waals surface area contributed by atoms with Gasteiger partial charge in [0.1, 0.15) is 4.90 Å². The molecule has 0 spiro atoms. The molecule has 0 aliphatic carbocycles. The van der Waals surface area contributed by atoms with E-state index < -0.39 is 15.9 Å². The summed E-state index contributed by atoms with van der Waals surface area (Å²) >= 11 is 6.26. The van der Waals surface area contributed by atoms with Gasteiger partial charge in [-0.15, -0.1) is 0 Å². The van der Waals surface area contributed by atoms with Crippen molar-refractivity contribution in [2.24, 2.45) is 0 Å². The molecule has 0 atom stereocenters. The van der Waals surface area contributed by atoms with Crippen LogP contribution in [0.2, 0.25) is 5.02 Å². The maximum absolute atomic E-state index is 13.4. The van der Waals surface area contributed by atoms with Crippen LogP contribution in [0.5, 0.6) is 5.88 Å². The fourth-order valence-corrected chi connectivity index (χ4v) is 5.64. The Balaban J connectivity index is 1.51. The largest absolute Gasteiger partial charge is 0.475 e. The number of sulfonamides is 1. The molecule has 0 saturated heterocycles. The molecule has 1 amide bonds. The minimum atomic E-state index is -3.92. The van der Waals surface area contributed by atoms with E-state index in [2.05, 4.69) is 10.3 Å². The number of benzene rings is 2. The first kappa shape index (κ1) is 23.1. The number of para-hydroxylation sites is 1. The Morgan fingerprint density at radius 2 is 1.97 bits per heavy atom. The highest BCUT2D eigenvalue weighted by molar-refractivity contribution is 7.93. The van der Waals surface area contributed by atoms with Crippen LogP contribution >= 0.6 is 11.6 Å². The van der Waals surface area contributed by atoms with Crippen molar-refractivity contribution in [3.63, 3.8) is 0 Å². The van der Waals surface area contributed by atoms with E-state index >= 15 is 0 Å². The summed E-state index contributed by atoms with van der Waals surface area (Å²) in [7, 11) is -3.92. The van der Waals surface area contributed by atoms with Gasteiger partial charge in [-0.2, -0.15) is 0 Å². The zero-order valence-electron chi connectivity index (χ0n) is 18.3. The van der Waals surface area contributed by atoms with E-state index in [1.165, 1.54) is 22.5 Å². The number of halogens is 1.